The molecule has 0 fully saturated rings. The van der Waals surface area contributed by atoms with Crippen molar-refractivity contribution in [2.45, 2.75) is 46.8 Å². The van der Waals surface area contributed by atoms with Crippen molar-refractivity contribution in [3.63, 3.8) is 0 Å². The standard InChI is InChI=1S/C28H28ClF2N3O4/c1-17-14-32-26(33-10-6-7-22(27(33)36)28(4,5)37)13-24(17)34(16-35)18(2)11-25(19(3)29)38-15-20-12-21(30)8-9-23(20)31/h6-14,16,37H,15H2,1-5H3/b18-11-,25-19-. The molecule has 0 spiro atoms. The number of aromatic nitrogens is 2. The Labute approximate surface area is 224 Å². The van der Waals surface area contributed by atoms with Crippen molar-refractivity contribution in [1.29, 1.82) is 0 Å². The lowest BCUT2D eigenvalue weighted by Gasteiger charge is -2.22. The molecule has 10 heteroatoms. The number of anilines is 1. The van der Waals surface area contributed by atoms with E-state index >= 15 is 0 Å². The van der Waals surface area contributed by atoms with Gasteiger partial charge in [0.2, 0.25) is 6.41 Å². The number of allylic oxidation sites excluding steroid dienone is 3. The molecule has 38 heavy (non-hydrogen) atoms. The van der Waals surface area contributed by atoms with E-state index in [0.29, 0.717) is 23.4 Å². The first kappa shape index (κ1) is 28.7. The van der Waals surface area contributed by atoms with Crippen LogP contribution in [-0.4, -0.2) is 21.1 Å². The third-order valence-corrected chi connectivity index (χ3v) is 5.92. The summed E-state index contributed by atoms with van der Waals surface area (Å²) in [5.74, 6) is -0.839. The maximum Gasteiger partial charge on any atom is 0.262 e. The van der Waals surface area contributed by atoms with Crippen LogP contribution in [0.4, 0.5) is 14.5 Å². The number of rotatable bonds is 9. The van der Waals surface area contributed by atoms with Gasteiger partial charge in [-0.25, -0.2) is 13.8 Å². The maximum atomic E-state index is 14.0. The normalized spacial score (nSPS) is 12.7. The minimum Gasteiger partial charge on any atom is -0.488 e. The van der Waals surface area contributed by atoms with Crippen molar-refractivity contribution >= 4 is 23.7 Å². The molecule has 0 saturated heterocycles. The summed E-state index contributed by atoms with van der Waals surface area (Å²) in [5.41, 5.74) is -0.157. The van der Waals surface area contributed by atoms with Gasteiger partial charge in [0, 0.05) is 41.4 Å². The number of amides is 1. The molecule has 0 aliphatic carbocycles. The number of hydrogen-bond donors (Lipinski definition) is 1. The summed E-state index contributed by atoms with van der Waals surface area (Å²) in [4.78, 5) is 30.9. The lowest BCUT2D eigenvalue weighted by atomic mass is 10.0. The molecule has 0 bridgehead atoms. The Kier molecular flexibility index (Phi) is 8.85. The fraction of sp³-hybridized carbons (Fsp3) is 0.250. The number of aryl methyl sites for hydroxylation is 1. The van der Waals surface area contributed by atoms with Crippen LogP contribution < -0.4 is 10.5 Å². The average molecular weight is 544 g/mol. The predicted octanol–water partition coefficient (Wildman–Crippen LogP) is 5.60. The highest BCUT2D eigenvalue weighted by molar-refractivity contribution is 6.29. The molecule has 2 heterocycles. The molecule has 0 aliphatic rings. The molecule has 3 rings (SSSR count). The zero-order valence-corrected chi connectivity index (χ0v) is 22.4. The third kappa shape index (κ3) is 6.54. The first-order chi connectivity index (χ1) is 17.8. The van der Waals surface area contributed by atoms with Gasteiger partial charge in [-0.1, -0.05) is 11.6 Å². The van der Waals surface area contributed by atoms with E-state index < -0.39 is 22.8 Å². The van der Waals surface area contributed by atoms with E-state index in [2.05, 4.69) is 4.98 Å². The smallest absolute Gasteiger partial charge is 0.262 e. The van der Waals surface area contributed by atoms with Crippen LogP contribution in [0.3, 0.4) is 0 Å². The fourth-order valence-corrected chi connectivity index (χ4v) is 3.78. The van der Waals surface area contributed by atoms with Gasteiger partial charge in [0.25, 0.3) is 5.56 Å². The van der Waals surface area contributed by atoms with E-state index in [9.17, 15) is 23.5 Å². The molecule has 1 amide bonds. The second-order valence-electron chi connectivity index (χ2n) is 9.17. The Bertz CT molecular complexity index is 1470. The molecular weight excluding hydrogens is 516 g/mol. The highest BCUT2D eigenvalue weighted by atomic mass is 35.5. The maximum absolute atomic E-state index is 14.0. The van der Waals surface area contributed by atoms with E-state index in [1.54, 1.807) is 32.9 Å². The average Bonchev–Trinajstić information content (AvgIpc) is 2.84. The van der Waals surface area contributed by atoms with Gasteiger partial charge in [-0.2, -0.15) is 0 Å². The summed E-state index contributed by atoms with van der Waals surface area (Å²) in [5, 5.41) is 10.6. The lowest BCUT2D eigenvalue weighted by molar-refractivity contribution is -0.107. The zero-order valence-electron chi connectivity index (χ0n) is 21.6. The Morgan fingerprint density at radius 1 is 1.24 bits per heavy atom. The Hall–Kier alpha value is -3.82. The zero-order chi connectivity index (χ0) is 28.2. The van der Waals surface area contributed by atoms with E-state index in [0.717, 1.165) is 18.2 Å². The molecular formula is C28H28ClF2N3O4. The van der Waals surface area contributed by atoms with Crippen LogP contribution in [-0.2, 0) is 21.7 Å². The highest BCUT2D eigenvalue weighted by Crippen LogP contribution is 2.26. The molecule has 0 radical (unpaired) electrons. The van der Waals surface area contributed by atoms with Crippen molar-refractivity contribution in [3.05, 3.63) is 110 Å². The fourth-order valence-electron chi connectivity index (χ4n) is 3.67. The Balaban J connectivity index is 1.98. The van der Waals surface area contributed by atoms with Gasteiger partial charge in [-0.15, -0.1) is 0 Å². The Morgan fingerprint density at radius 3 is 2.58 bits per heavy atom. The summed E-state index contributed by atoms with van der Waals surface area (Å²) in [6, 6.07) is 7.77. The lowest BCUT2D eigenvalue weighted by Crippen LogP contribution is -2.31. The number of carbonyl (C=O) groups is 1. The van der Waals surface area contributed by atoms with Crippen molar-refractivity contribution < 1.29 is 23.4 Å². The molecule has 2 aromatic heterocycles. The first-order valence-electron chi connectivity index (χ1n) is 11.6. The summed E-state index contributed by atoms with van der Waals surface area (Å²) in [7, 11) is 0. The van der Waals surface area contributed by atoms with Crippen LogP contribution in [0.5, 0.6) is 0 Å². The van der Waals surface area contributed by atoms with E-state index in [1.165, 1.54) is 47.9 Å². The number of benzene rings is 1. The molecule has 0 aliphatic heterocycles. The number of hydrogen-bond acceptors (Lipinski definition) is 5. The molecule has 0 atom stereocenters. The number of halogens is 3. The minimum absolute atomic E-state index is 0.00654. The number of aliphatic hydroxyl groups is 1. The third-order valence-electron chi connectivity index (χ3n) is 5.73. The van der Waals surface area contributed by atoms with Gasteiger partial charge < -0.3 is 9.84 Å². The van der Waals surface area contributed by atoms with Crippen molar-refractivity contribution in [3.8, 4) is 5.82 Å². The molecule has 200 valence electrons. The van der Waals surface area contributed by atoms with Crippen LogP contribution in [0.2, 0.25) is 0 Å². The quantitative estimate of drug-likeness (QED) is 0.216. The van der Waals surface area contributed by atoms with E-state index in [-0.39, 0.29) is 34.3 Å². The van der Waals surface area contributed by atoms with Crippen LogP contribution in [0.15, 0.2) is 76.2 Å². The van der Waals surface area contributed by atoms with E-state index in [1.807, 2.05) is 0 Å². The molecule has 3 aromatic rings. The van der Waals surface area contributed by atoms with Gasteiger partial charge in [0.05, 0.1) is 16.3 Å². The second-order valence-corrected chi connectivity index (χ2v) is 9.74. The predicted molar refractivity (Wildman–Crippen MR) is 142 cm³/mol. The topological polar surface area (TPSA) is 84.7 Å². The van der Waals surface area contributed by atoms with Crippen molar-refractivity contribution in [2.24, 2.45) is 0 Å². The number of nitrogens with zero attached hydrogens (tertiary/aromatic N) is 3. The summed E-state index contributed by atoms with van der Waals surface area (Å²) in [6.45, 7) is 7.69. The van der Waals surface area contributed by atoms with Gasteiger partial charge >= 0.3 is 0 Å². The molecule has 1 N–H and O–H groups in total. The summed E-state index contributed by atoms with van der Waals surface area (Å²) in [6.07, 6.45) is 5.12. The van der Waals surface area contributed by atoms with Gasteiger partial charge in [-0.05, 0) is 70.5 Å². The number of pyridine rings is 2. The summed E-state index contributed by atoms with van der Waals surface area (Å²) >= 11 is 6.19. The van der Waals surface area contributed by atoms with Crippen LogP contribution >= 0.6 is 11.6 Å². The van der Waals surface area contributed by atoms with Crippen molar-refractivity contribution in [1.82, 2.24) is 9.55 Å². The van der Waals surface area contributed by atoms with Gasteiger partial charge in [-0.3, -0.25) is 19.1 Å². The van der Waals surface area contributed by atoms with Crippen molar-refractivity contribution in [2.75, 3.05) is 4.90 Å². The van der Waals surface area contributed by atoms with E-state index in [4.69, 9.17) is 16.3 Å². The minimum atomic E-state index is -1.36. The second kappa shape index (κ2) is 11.7. The monoisotopic (exact) mass is 543 g/mol. The molecule has 1 aromatic carbocycles. The number of carbonyl (C=O) groups excluding carboxylic acids is 1. The first-order valence-corrected chi connectivity index (χ1v) is 12.0. The van der Waals surface area contributed by atoms with Crippen LogP contribution in [0.25, 0.3) is 5.82 Å². The van der Waals surface area contributed by atoms with Gasteiger partial charge in [0.15, 0.2) is 0 Å². The SMILES string of the molecule is C/C(=C/C(OCc1cc(F)ccc1F)=C(\C)Cl)N(C=O)c1cc(-n2cccc(C(C)(C)O)c2=O)ncc1C. The number of ether oxygens (including phenoxy) is 1. The van der Waals surface area contributed by atoms with Crippen LogP contribution in [0, 0.1) is 18.6 Å². The molecule has 7 nitrogen and oxygen atoms in total. The Morgan fingerprint density at radius 2 is 1.95 bits per heavy atom. The largest absolute Gasteiger partial charge is 0.488 e. The molecule has 0 saturated carbocycles. The van der Waals surface area contributed by atoms with Crippen LogP contribution in [0.1, 0.15) is 44.4 Å². The molecule has 0 unspecified atom stereocenters. The summed E-state index contributed by atoms with van der Waals surface area (Å²) < 4.78 is 34.5. The van der Waals surface area contributed by atoms with Gasteiger partial charge in [0.1, 0.15) is 29.8 Å². The highest BCUT2D eigenvalue weighted by Gasteiger charge is 2.22.